The quantitative estimate of drug-likeness (QED) is 0.574. The highest BCUT2D eigenvalue weighted by Gasteiger charge is 2.29. The van der Waals surface area contributed by atoms with Crippen LogP contribution >= 0.6 is 0 Å². The molecular weight excluding hydrogens is 233 g/mol. The summed E-state index contributed by atoms with van der Waals surface area (Å²) in [6.07, 6.45) is -4.31. The van der Waals surface area contributed by atoms with E-state index in [4.69, 9.17) is 15.3 Å². The number of aliphatic hydroxyl groups is 2. The molecular formula is C10H10FNO5. The zero-order valence-electron chi connectivity index (χ0n) is 8.50. The van der Waals surface area contributed by atoms with Gasteiger partial charge in [-0.3, -0.25) is 4.79 Å². The maximum atomic E-state index is 12.5. The van der Waals surface area contributed by atoms with E-state index < -0.39 is 29.9 Å². The van der Waals surface area contributed by atoms with E-state index in [2.05, 4.69) is 5.32 Å². The number of amides is 1. The molecule has 1 amide bonds. The molecule has 0 aromatic heterocycles. The summed E-state index contributed by atoms with van der Waals surface area (Å²) >= 11 is 0. The van der Waals surface area contributed by atoms with Crippen LogP contribution in [0, 0.1) is 5.82 Å². The minimum Gasteiger partial charge on any atom is -0.479 e. The molecule has 0 saturated carbocycles. The van der Waals surface area contributed by atoms with Crippen molar-refractivity contribution in [3.63, 3.8) is 0 Å². The second-order valence-corrected chi connectivity index (χ2v) is 3.22. The van der Waals surface area contributed by atoms with E-state index in [9.17, 15) is 14.0 Å². The van der Waals surface area contributed by atoms with Gasteiger partial charge in [0.25, 0.3) is 5.91 Å². The highest BCUT2D eigenvalue weighted by molar-refractivity contribution is 5.97. The number of aliphatic hydroxyl groups excluding tert-OH is 2. The number of anilines is 1. The van der Waals surface area contributed by atoms with Crippen LogP contribution in [0.2, 0.25) is 0 Å². The number of carboxylic acid groups (broad SMARTS) is 1. The third-order valence-electron chi connectivity index (χ3n) is 1.93. The SMILES string of the molecule is O=C(O)[C@@H](O)[C@H](O)C(=O)Nc1ccc(F)cc1. The molecule has 1 rings (SSSR count). The molecule has 92 valence electrons. The fourth-order valence-corrected chi connectivity index (χ4v) is 1.03. The Kier molecular flexibility index (Phi) is 4.13. The van der Waals surface area contributed by atoms with Crippen molar-refractivity contribution in [2.75, 3.05) is 5.32 Å². The van der Waals surface area contributed by atoms with Gasteiger partial charge in [0.05, 0.1) is 0 Å². The summed E-state index contributed by atoms with van der Waals surface area (Å²) in [6.45, 7) is 0. The Morgan fingerprint density at radius 1 is 1.12 bits per heavy atom. The van der Waals surface area contributed by atoms with Crippen LogP contribution < -0.4 is 5.32 Å². The van der Waals surface area contributed by atoms with E-state index in [1.54, 1.807) is 0 Å². The van der Waals surface area contributed by atoms with Gasteiger partial charge in [0.2, 0.25) is 0 Å². The minimum atomic E-state index is -2.21. The molecule has 0 unspecified atom stereocenters. The lowest BCUT2D eigenvalue weighted by Gasteiger charge is -2.13. The standard InChI is InChI=1S/C10H10FNO5/c11-5-1-3-6(4-2-5)12-9(15)7(13)8(14)10(16)17/h1-4,7-8,13-14H,(H,12,15)(H,16,17)/t7-,8-/m0/s1. The fourth-order valence-electron chi connectivity index (χ4n) is 1.03. The van der Waals surface area contributed by atoms with Gasteiger partial charge in [-0.1, -0.05) is 0 Å². The average molecular weight is 243 g/mol. The topological polar surface area (TPSA) is 107 Å². The van der Waals surface area contributed by atoms with Crippen molar-refractivity contribution < 1.29 is 29.3 Å². The first kappa shape index (κ1) is 13.1. The fraction of sp³-hybridized carbons (Fsp3) is 0.200. The normalized spacial score (nSPS) is 13.8. The summed E-state index contributed by atoms with van der Waals surface area (Å²) in [7, 11) is 0. The Hall–Kier alpha value is -1.99. The molecule has 0 bridgehead atoms. The van der Waals surface area contributed by atoms with E-state index in [1.165, 1.54) is 12.1 Å². The van der Waals surface area contributed by atoms with Crippen LogP contribution in [0.15, 0.2) is 24.3 Å². The molecule has 0 aliphatic rings. The molecule has 17 heavy (non-hydrogen) atoms. The predicted molar refractivity (Wildman–Crippen MR) is 54.7 cm³/mol. The van der Waals surface area contributed by atoms with Crippen molar-refractivity contribution >= 4 is 17.6 Å². The molecule has 0 radical (unpaired) electrons. The summed E-state index contributed by atoms with van der Waals surface area (Å²) in [4.78, 5) is 21.6. The molecule has 0 saturated heterocycles. The second-order valence-electron chi connectivity index (χ2n) is 3.22. The van der Waals surface area contributed by atoms with Gasteiger partial charge >= 0.3 is 5.97 Å². The first-order valence-electron chi connectivity index (χ1n) is 4.57. The maximum Gasteiger partial charge on any atom is 0.335 e. The molecule has 1 aromatic rings. The summed E-state index contributed by atoms with van der Waals surface area (Å²) in [6, 6.07) is 4.62. The lowest BCUT2D eigenvalue weighted by atomic mass is 10.2. The van der Waals surface area contributed by atoms with Gasteiger partial charge in [-0.15, -0.1) is 0 Å². The number of rotatable bonds is 4. The molecule has 1 aromatic carbocycles. The molecule has 0 aliphatic carbocycles. The van der Waals surface area contributed by atoms with Crippen molar-refractivity contribution in [3.05, 3.63) is 30.1 Å². The lowest BCUT2D eigenvalue weighted by molar-refractivity contribution is -0.156. The third kappa shape index (κ3) is 3.51. The Labute approximate surface area is 95.3 Å². The average Bonchev–Trinajstić information content (AvgIpc) is 2.30. The molecule has 6 nitrogen and oxygen atoms in total. The van der Waals surface area contributed by atoms with Crippen LogP contribution in [0.3, 0.4) is 0 Å². The number of carboxylic acids is 1. The van der Waals surface area contributed by atoms with Crippen molar-refractivity contribution in [1.82, 2.24) is 0 Å². The number of benzene rings is 1. The smallest absolute Gasteiger partial charge is 0.335 e. The van der Waals surface area contributed by atoms with Gasteiger partial charge in [-0.25, -0.2) is 9.18 Å². The van der Waals surface area contributed by atoms with E-state index in [0.29, 0.717) is 0 Å². The molecule has 7 heteroatoms. The van der Waals surface area contributed by atoms with Crippen molar-refractivity contribution in [3.8, 4) is 0 Å². The van der Waals surface area contributed by atoms with E-state index in [-0.39, 0.29) is 5.69 Å². The van der Waals surface area contributed by atoms with Gasteiger partial charge in [-0.05, 0) is 24.3 Å². The summed E-state index contributed by atoms with van der Waals surface area (Å²) in [5.74, 6) is -3.31. The van der Waals surface area contributed by atoms with Crippen LogP contribution in [0.1, 0.15) is 0 Å². The number of hydrogen-bond donors (Lipinski definition) is 4. The van der Waals surface area contributed by atoms with E-state index >= 15 is 0 Å². The molecule has 0 heterocycles. The number of aliphatic carboxylic acids is 1. The maximum absolute atomic E-state index is 12.5. The molecule has 4 N–H and O–H groups in total. The van der Waals surface area contributed by atoms with Gasteiger partial charge in [0.15, 0.2) is 12.2 Å². The zero-order chi connectivity index (χ0) is 13.0. The summed E-state index contributed by atoms with van der Waals surface area (Å²) in [5, 5.41) is 28.6. The Balaban J connectivity index is 2.66. The van der Waals surface area contributed by atoms with Crippen molar-refractivity contribution in [1.29, 1.82) is 0 Å². The van der Waals surface area contributed by atoms with Gasteiger partial charge in [0, 0.05) is 5.69 Å². The lowest BCUT2D eigenvalue weighted by Crippen LogP contribution is -2.42. The van der Waals surface area contributed by atoms with Crippen LogP contribution in [0.25, 0.3) is 0 Å². The van der Waals surface area contributed by atoms with Crippen molar-refractivity contribution in [2.45, 2.75) is 12.2 Å². The van der Waals surface area contributed by atoms with Crippen LogP contribution in [-0.2, 0) is 9.59 Å². The Bertz CT molecular complexity index is 419. The number of carbonyl (C=O) groups is 2. The first-order chi connectivity index (χ1) is 7.91. The van der Waals surface area contributed by atoms with Gasteiger partial charge in [0.1, 0.15) is 5.82 Å². The molecule has 0 spiro atoms. The molecule has 2 atom stereocenters. The van der Waals surface area contributed by atoms with Crippen LogP contribution in [0.5, 0.6) is 0 Å². The molecule has 0 fully saturated rings. The first-order valence-corrected chi connectivity index (χ1v) is 4.57. The summed E-state index contributed by atoms with van der Waals surface area (Å²) < 4.78 is 12.5. The predicted octanol–water partition coefficient (Wildman–Crippen LogP) is -0.429. The van der Waals surface area contributed by atoms with Gasteiger partial charge < -0.3 is 20.6 Å². The second kappa shape index (κ2) is 5.37. The Morgan fingerprint density at radius 2 is 1.65 bits per heavy atom. The number of hydrogen-bond acceptors (Lipinski definition) is 4. The Morgan fingerprint density at radius 3 is 2.12 bits per heavy atom. The number of nitrogens with one attached hydrogen (secondary N) is 1. The van der Waals surface area contributed by atoms with E-state index in [1.807, 2.05) is 0 Å². The zero-order valence-corrected chi connectivity index (χ0v) is 8.50. The third-order valence-corrected chi connectivity index (χ3v) is 1.93. The van der Waals surface area contributed by atoms with Crippen LogP contribution in [-0.4, -0.2) is 39.4 Å². The van der Waals surface area contributed by atoms with Crippen LogP contribution in [0.4, 0.5) is 10.1 Å². The summed E-state index contributed by atoms with van der Waals surface area (Å²) in [5.41, 5.74) is 0.174. The van der Waals surface area contributed by atoms with E-state index in [0.717, 1.165) is 12.1 Å². The van der Waals surface area contributed by atoms with Gasteiger partial charge in [-0.2, -0.15) is 0 Å². The molecule has 0 aliphatic heterocycles. The largest absolute Gasteiger partial charge is 0.479 e. The monoisotopic (exact) mass is 243 g/mol. The van der Waals surface area contributed by atoms with Crippen molar-refractivity contribution in [2.24, 2.45) is 0 Å². The minimum absolute atomic E-state index is 0.174. The number of halogens is 1. The highest BCUT2D eigenvalue weighted by Crippen LogP contribution is 2.09. The highest BCUT2D eigenvalue weighted by atomic mass is 19.1. The number of carbonyl (C=O) groups excluding carboxylic acids is 1.